The van der Waals surface area contributed by atoms with Gasteiger partial charge < -0.3 is 23.4 Å². The largest absolute Gasteiger partial charge is 0.497 e. The summed E-state index contributed by atoms with van der Waals surface area (Å²) >= 11 is 0. The third-order valence-electron chi connectivity index (χ3n) is 6.43. The summed E-state index contributed by atoms with van der Waals surface area (Å²) in [7, 11) is 1.57. The van der Waals surface area contributed by atoms with Gasteiger partial charge in [0.2, 0.25) is 11.2 Å². The molecular formula is C30H26F3NO7. The first-order valence-electron chi connectivity index (χ1n) is 12.8. The molecule has 0 N–H and O–H groups in total. The topological polar surface area (TPSA) is 87.4 Å². The van der Waals surface area contributed by atoms with E-state index >= 15 is 0 Å². The Bertz CT molecular complexity index is 1610. The second-order valence-corrected chi connectivity index (χ2v) is 9.38. The van der Waals surface area contributed by atoms with Crippen LogP contribution in [0.5, 0.6) is 23.0 Å². The monoisotopic (exact) mass is 569 g/mol. The number of hydrogen-bond donors (Lipinski definition) is 0. The number of nitrogens with zero attached hydrogens (tertiary/aromatic N) is 1. The van der Waals surface area contributed by atoms with Crippen LogP contribution in [0.4, 0.5) is 13.2 Å². The van der Waals surface area contributed by atoms with E-state index < -0.39 is 29.1 Å². The van der Waals surface area contributed by atoms with E-state index in [9.17, 15) is 22.8 Å². The van der Waals surface area contributed by atoms with Crippen LogP contribution < -0.4 is 19.6 Å². The third kappa shape index (κ3) is 5.99. The number of hydrogen-bond acceptors (Lipinski definition) is 8. The maximum absolute atomic E-state index is 14.2. The lowest BCUT2D eigenvalue weighted by molar-refractivity contribution is -0.154. The number of esters is 1. The quantitative estimate of drug-likeness (QED) is 0.221. The lowest BCUT2D eigenvalue weighted by atomic mass is 10.1. The maximum Gasteiger partial charge on any atom is 0.453 e. The van der Waals surface area contributed by atoms with Crippen molar-refractivity contribution in [3.05, 3.63) is 93.3 Å². The van der Waals surface area contributed by atoms with E-state index in [4.69, 9.17) is 23.4 Å². The predicted molar refractivity (Wildman–Crippen MR) is 142 cm³/mol. The molecule has 0 saturated carbocycles. The lowest BCUT2D eigenvalue weighted by Crippen LogP contribution is -2.32. The van der Waals surface area contributed by atoms with Crippen molar-refractivity contribution in [3.63, 3.8) is 0 Å². The van der Waals surface area contributed by atoms with Gasteiger partial charge in [-0.25, -0.2) is 4.79 Å². The molecule has 0 fully saturated rings. The van der Waals surface area contributed by atoms with E-state index in [1.165, 1.54) is 36.4 Å². The Morgan fingerprint density at radius 1 is 1.00 bits per heavy atom. The molecule has 0 saturated heterocycles. The molecule has 0 spiro atoms. The summed E-state index contributed by atoms with van der Waals surface area (Å²) < 4.78 is 69.4. The van der Waals surface area contributed by atoms with Crippen LogP contribution in [0.1, 0.15) is 40.6 Å². The van der Waals surface area contributed by atoms with E-state index in [2.05, 4.69) is 0 Å². The summed E-state index contributed by atoms with van der Waals surface area (Å²) in [5, 5.41) is -0.0820. The SMILES string of the molecule is CCCOC(=O)c1ccc(Oc2c(C(F)(F)F)oc3c4c(ccc3c2=O)OCN(Cc2ccc(OC)cc2)C4)cc1. The summed E-state index contributed by atoms with van der Waals surface area (Å²) in [5.74, 6) is -2.20. The fourth-order valence-corrected chi connectivity index (χ4v) is 4.42. The third-order valence-corrected chi connectivity index (χ3v) is 6.43. The smallest absolute Gasteiger partial charge is 0.453 e. The molecule has 0 unspecified atom stereocenters. The van der Waals surface area contributed by atoms with Gasteiger partial charge in [0, 0.05) is 13.1 Å². The Balaban J connectivity index is 1.48. The van der Waals surface area contributed by atoms with E-state index in [0.717, 1.165) is 5.56 Å². The van der Waals surface area contributed by atoms with E-state index in [1.807, 2.05) is 36.1 Å². The molecule has 0 bridgehead atoms. The highest BCUT2D eigenvalue weighted by atomic mass is 19.4. The molecule has 3 aromatic carbocycles. The fraction of sp³-hybridized carbons (Fsp3) is 0.267. The van der Waals surface area contributed by atoms with Crippen LogP contribution >= 0.6 is 0 Å². The van der Waals surface area contributed by atoms with Crippen LogP contribution in [0, 0.1) is 0 Å². The Labute approximate surface area is 232 Å². The highest BCUT2D eigenvalue weighted by Crippen LogP contribution is 2.41. The van der Waals surface area contributed by atoms with Crippen molar-refractivity contribution in [2.75, 3.05) is 20.4 Å². The van der Waals surface area contributed by atoms with E-state index in [1.54, 1.807) is 7.11 Å². The number of rotatable bonds is 8. The number of alkyl halides is 3. The summed E-state index contributed by atoms with van der Waals surface area (Å²) in [6, 6.07) is 15.5. The fourth-order valence-electron chi connectivity index (χ4n) is 4.42. The average Bonchev–Trinajstić information content (AvgIpc) is 2.97. The Morgan fingerprint density at radius 2 is 1.71 bits per heavy atom. The molecule has 0 aliphatic carbocycles. The maximum atomic E-state index is 14.2. The van der Waals surface area contributed by atoms with E-state index in [0.29, 0.717) is 30.0 Å². The zero-order valence-electron chi connectivity index (χ0n) is 22.2. The molecule has 1 aliphatic heterocycles. The second-order valence-electron chi connectivity index (χ2n) is 9.38. The number of methoxy groups -OCH3 is 1. The van der Waals surface area contributed by atoms with Crippen molar-refractivity contribution in [3.8, 4) is 23.0 Å². The number of halogens is 3. The van der Waals surface area contributed by atoms with E-state index in [-0.39, 0.29) is 42.2 Å². The van der Waals surface area contributed by atoms with Crippen LogP contribution in [0.2, 0.25) is 0 Å². The van der Waals surface area contributed by atoms with Crippen molar-refractivity contribution in [1.82, 2.24) is 4.90 Å². The molecule has 0 amide bonds. The zero-order valence-corrected chi connectivity index (χ0v) is 22.2. The Hall–Kier alpha value is -4.51. The second kappa shape index (κ2) is 11.5. The molecule has 41 heavy (non-hydrogen) atoms. The first-order valence-corrected chi connectivity index (χ1v) is 12.8. The van der Waals surface area contributed by atoms with Crippen LogP contribution in [0.15, 0.2) is 69.9 Å². The summed E-state index contributed by atoms with van der Waals surface area (Å²) in [5.41, 5.74) is 0.251. The normalized spacial score (nSPS) is 13.4. The predicted octanol–water partition coefficient (Wildman–Crippen LogP) is 6.53. The van der Waals surface area contributed by atoms with Gasteiger partial charge in [0.05, 0.1) is 30.2 Å². The van der Waals surface area contributed by atoms with Crippen LogP contribution in [-0.4, -0.2) is 31.3 Å². The standard InChI is InChI=1S/C30H26F3NO7/c1-3-14-38-29(36)19-6-10-21(11-7-19)40-27-25(35)22-12-13-24-23(26(22)41-28(27)30(31,32)33)16-34(17-39-24)15-18-4-8-20(37-2)9-5-18/h4-13H,3,14-17H2,1-2H3. The van der Waals surface area contributed by atoms with Gasteiger partial charge >= 0.3 is 12.1 Å². The molecule has 214 valence electrons. The molecule has 0 atom stereocenters. The van der Waals surface area contributed by atoms with Gasteiger partial charge in [0.15, 0.2) is 0 Å². The molecule has 2 heterocycles. The van der Waals surface area contributed by atoms with Gasteiger partial charge in [-0.05, 0) is 60.5 Å². The first kappa shape index (κ1) is 28.0. The van der Waals surface area contributed by atoms with Crippen molar-refractivity contribution in [2.24, 2.45) is 0 Å². The first-order chi connectivity index (χ1) is 19.7. The molecular weight excluding hydrogens is 543 g/mol. The van der Waals surface area contributed by atoms with Crippen molar-refractivity contribution < 1.29 is 41.3 Å². The Morgan fingerprint density at radius 3 is 2.37 bits per heavy atom. The number of ether oxygens (including phenoxy) is 4. The van der Waals surface area contributed by atoms with Gasteiger partial charge in [-0.2, -0.15) is 13.2 Å². The number of benzene rings is 3. The van der Waals surface area contributed by atoms with Crippen molar-refractivity contribution in [1.29, 1.82) is 0 Å². The molecule has 5 rings (SSSR count). The minimum absolute atomic E-state index is 0.0820. The highest BCUT2D eigenvalue weighted by molar-refractivity contribution is 5.89. The molecule has 4 aromatic rings. The van der Waals surface area contributed by atoms with Gasteiger partial charge in [-0.1, -0.05) is 19.1 Å². The van der Waals surface area contributed by atoms with Gasteiger partial charge in [0.1, 0.15) is 29.6 Å². The average molecular weight is 570 g/mol. The number of fused-ring (bicyclic) bond motifs is 3. The number of carbonyl (C=O) groups excluding carboxylic acids is 1. The van der Waals surface area contributed by atoms with Gasteiger partial charge in [-0.15, -0.1) is 0 Å². The Kier molecular flexibility index (Phi) is 7.89. The summed E-state index contributed by atoms with van der Waals surface area (Å²) in [6.45, 7) is 2.91. The minimum Gasteiger partial charge on any atom is -0.497 e. The highest BCUT2D eigenvalue weighted by Gasteiger charge is 2.41. The van der Waals surface area contributed by atoms with Gasteiger partial charge in [-0.3, -0.25) is 9.69 Å². The molecule has 11 heteroatoms. The van der Waals surface area contributed by atoms with Crippen molar-refractivity contribution >= 4 is 16.9 Å². The molecule has 1 aromatic heterocycles. The minimum atomic E-state index is -5.03. The van der Waals surface area contributed by atoms with Crippen molar-refractivity contribution in [2.45, 2.75) is 32.6 Å². The summed E-state index contributed by atoms with van der Waals surface area (Å²) in [4.78, 5) is 27.3. The van der Waals surface area contributed by atoms with Gasteiger partial charge in [0.25, 0.3) is 5.76 Å². The van der Waals surface area contributed by atoms with Crippen LogP contribution in [0.25, 0.3) is 11.0 Å². The van der Waals surface area contributed by atoms with Crippen LogP contribution in [-0.2, 0) is 24.0 Å². The lowest BCUT2D eigenvalue weighted by Gasteiger charge is -2.29. The molecule has 1 aliphatic rings. The number of carbonyl (C=O) groups is 1. The molecule has 8 nitrogen and oxygen atoms in total. The molecule has 0 radical (unpaired) electrons. The summed E-state index contributed by atoms with van der Waals surface area (Å²) in [6.07, 6.45) is -4.39. The zero-order chi connectivity index (χ0) is 29.1. The van der Waals surface area contributed by atoms with Crippen LogP contribution in [0.3, 0.4) is 0 Å².